The maximum absolute atomic E-state index is 13.4. The maximum Gasteiger partial charge on any atom is 0.408 e. The van der Waals surface area contributed by atoms with Crippen LogP contribution >= 0.6 is 0 Å². The fourth-order valence-corrected chi connectivity index (χ4v) is 5.28. The standard InChI is InChI=1S/C26H28F3N7O2/c1-15-4-7-19-24(31-15)23(33-36(19)14-22(37)35-10-2-3-20(35)26(27,28)29)17-12-34(13-17)25(38)16-8-9-30-21(11-16)32-18-5-6-18/h4,7-9,11,17-18,20H,2-3,5-6,10,12-14H2,1H3,(H,30,32)/t20-/m0/s1. The zero-order valence-corrected chi connectivity index (χ0v) is 20.9. The van der Waals surface area contributed by atoms with Crippen LogP contribution in [0.3, 0.4) is 0 Å². The molecule has 3 aliphatic rings. The van der Waals surface area contributed by atoms with E-state index in [9.17, 15) is 22.8 Å². The van der Waals surface area contributed by atoms with Gasteiger partial charge < -0.3 is 15.1 Å². The van der Waals surface area contributed by atoms with E-state index in [1.54, 1.807) is 35.4 Å². The smallest absolute Gasteiger partial charge is 0.367 e. The Hall–Kier alpha value is -3.70. The van der Waals surface area contributed by atoms with E-state index in [2.05, 4.69) is 20.4 Å². The molecule has 12 heteroatoms. The number of aromatic nitrogens is 4. The Morgan fingerprint density at radius 1 is 1.13 bits per heavy atom. The van der Waals surface area contributed by atoms with E-state index >= 15 is 0 Å². The minimum absolute atomic E-state index is 0.0807. The topological polar surface area (TPSA) is 96.2 Å². The number of nitrogens with one attached hydrogen (secondary N) is 1. The molecular weight excluding hydrogens is 499 g/mol. The average Bonchev–Trinajstić information content (AvgIpc) is 3.38. The van der Waals surface area contributed by atoms with Gasteiger partial charge in [-0.15, -0.1) is 0 Å². The molecular formula is C26H28F3N7O2. The lowest BCUT2D eigenvalue weighted by Gasteiger charge is -2.38. The van der Waals surface area contributed by atoms with Crippen molar-refractivity contribution in [3.8, 4) is 0 Å². The minimum atomic E-state index is -4.45. The summed E-state index contributed by atoms with van der Waals surface area (Å²) in [6, 6.07) is 5.71. The lowest BCUT2D eigenvalue weighted by atomic mass is 9.94. The van der Waals surface area contributed by atoms with Gasteiger partial charge in [0.2, 0.25) is 5.91 Å². The molecule has 2 saturated heterocycles. The first-order chi connectivity index (χ1) is 18.2. The van der Waals surface area contributed by atoms with Gasteiger partial charge in [-0.3, -0.25) is 14.3 Å². The van der Waals surface area contributed by atoms with E-state index in [0.29, 0.717) is 53.7 Å². The van der Waals surface area contributed by atoms with Crippen molar-refractivity contribution in [1.29, 1.82) is 0 Å². The molecule has 2 amide bonds. The lowest BCUT2D eigenvalue weighted by Crippen LogP contribution is -2.48. The number of fused-ring (bicyclic) bond motifs is 1. The van der Waals surface area contributed by atoms with Gasteiger partial charge in [-0.25, -0.2) is 9.97 Å². The predicted molar refractivity (Wildman–Crippen MR) is 133 cm³/mol. The van der Waals surface area contributed by atoms with Crippen LogP contribution in [0.4, 0.5) is 19.0 Å². The largest absolute Gasteiger partial charge is 0.408 e. The van der Waals surface area contributed by atoms with Crippen molar-refractivity contribution >= 4 is 28.7 Å². The summed E-state index contributed by atoms with van der Waals surface area (Å²) in [7, 11) is 0. The molecule has 38 heavy (non-hydrogen) atoms. The van der Waals surface area contributed by atoms with Gasteiger partial charge in [0.1, 0.15) is 23.9 Å². The van der Waals surface area contributed by atoms with Crippen LogP contribution in [0.2, 0.25) is 0 Å². The Balaban J connectivity index is 1.19. The van der Waals surface area contributed by atoms with Crippen molar-refractivity contribution < 1.29 is 22.8 Å². The van der Waals surface area contributed by atoms with Gasteiger partial charge in [0.15, 0.2) is 0 Å². The van der Waals surface area contributed by atoms with Crippen LogP contribution < -0.4 is 5.32 Å². The molecule has 1 aliphatic carbocycles. The van der Waals surface area contributed by atoms with Gasteiger partial charge in [-0.05, 0) is 56.9 Å². The summed E-state index contributed by atoms with van der Waals surface area (Å²) < 4.78 is 41.7. The molecule has 0 spiro atoms. The number of alkyl halides is 3. The number of carbonyl (C=O) groups is 2. The number of nitrogens with zero attached hydrogens (tertiary/aromatic N) is 6. The summed E-state index contributed by atoms with van der Waals surface area (Å²) in [4.78, 5) is 37.5. The molecule has 1 N–H and O–H groups in total. The Morgan fingerprint density at radius 2 is 1.92 bits per heavy atom. The first kappa shape index (κ1) is 24.6. The van der Waals surface area contributed by atoms with E-state index in [4.69, 9.17) is 0 Å². The van der Waals surface area contributed by atoms with Crippen LogP contribution in [0.15, 0.2) is 30.5 Å². The van der Waals surface area contributed by atoms with Gasteiger partial charge in [-0.2, -0.15) is 18.3 Å². The summed E-state index contributed by atoms with van der Waals surface area (Å²) in [6.07, 6.45) is -0.375. The number of carbonyl (C=O) groups excluding carboxylic acids is 2. The third-order valence-electron chi connectivity index (χ3n) is 7.49. The molecule has 200 valence electrons. The molecule has 6 rings (SSSR count). The molecule has 3 aromatic heterocycles. The van der Waals surface area contributed by atoms with Gasteiger partial charge in [-0.1, -0.05) is 0 Å². The number of hydrogen-bond donors (Lipinski definition) is 1. The fourth-order valence-electron chi connectivity index (χ4n) is 5.28. The summed E-state index contributed by atoms with van der Waals surface area (Å²) in [5, 5.41) is 7.94. The monoisotopic (exact) mass is 527 g/mol. The second kappa shape index (κ2) is 9.25. The lowest BCUT2D eigenvalue weighted by molar-refractivity contribution is -0.183. The van der Waals surface area contributed by atoms with Crippen LogP contribution in [-0.4, -0.2) is 79.3 Å². The predicted octanol–water partition coefficient (Wildman–Crippen LogP) is 3.50. The maximum atomic E-state index is 13.4. The third-order valence-corrected chi connectivity index (χ3v) is 7.49. The molecule has 0 radical (unpaired) electrons. The van der Waals surface area contributed by atoms with Crippen LogP contribution in [0.5, 0.6) is 0 Å². The summed E-state index contributed by atoms with van der Waals surface area (Å²) in [5.41, 5.74) is 3.18. The fraction of sp³-hybridized carbons (Fsp3) is 0.500. The molecule has 0 unspecified atom stereocenters. The number of likely N-dealkylation sites (tertiary alicyclic amines) is 2. The van der Waals surface area contributed by atoms with Gasteiger partial charge in [0, 0.05) is 49.0 Å². The number of halogens is 3. The second-order valence-corrected chi connectivity index (χ2v) is 10.4. The van der Waals surface area contributed by atoms with Crippen molar-refractivity contribution in [1.82, 2.24) is 29.5 Å². The molecule has 3 aromatic rings. The molecule has 5 heterocycles. The van der Waals surface area contributed by atoms with Crippen molar-refractivity contribution in [2.45, 2.75) is 63.3 Å². The Morgan fingerprint density at radius 3 is 2.66 bits per heavy atom. The summed E-state index contributed by atoms with van der Waals surface area (Å²) in [5.74, 6) is -0.110. The van der Waals surface area contributed by atoms with Crippen molar-refractivity contribution in [2.24, 2.45) is 0 Å². The van der Waals surface area contributed by atoms with Crippen LogP contribution in [0.25, 0.3) is 11.0 Å². The normalized spacial score (nSPS) is 20.2. The summed E-state index contributed by atoms with van der Waals surface area (Å²) >= 11 is 0. The van der Waals surface area contributed by atoms with Crippen molar-refractivity contribution in [3.63, 3.8) is 0 Å². The molecule has 3 fully saturated rings. The molecule has 9 nitrogen and oxygen atoms in total. The van der Waals surface area contributed by atoms with Crippen molar-refractivity contribution in [2.75, 3.05) is 25.0 Å². The second-order valence-electron chi connectivity index (χ2n) is 10.4. The molecule has 2 aliphatic heterocycles. The first-order valence-electron chi connectivity index (χ1n) is 12.9. The first-order valence-corrected chi connectivity index (χ1v) is 12.9. The SMILES string of the molecule is Cc1ccc2c(n1)c(C1CN(C(=O)c3ccnc(NC4CC4)c3)C1)nn2CC(=O)N1CCC[C@H]1C(F)(F)F. The van der Waals surface area contributed by atoms with Gasteiger partial charge >= 0.3 is 6.18 Å². The molecule has 1 saturated carbocycles. The minimum Gasteiger partial charge on any atom is -0.367 e. The highest BCUT2D eigenvalue weighted by Crippen LogP contribution is 2.35. The number of pyridine rings is 2. The molecule has 0 bridgehead atoms. The van der Waals surface area contributed by atoms with Gasteiger partial charge in [0.25, 0.3) is 5.91 Å². The Bertz CT molecular complexity index is 1400. The number of amides is 2. The van der Waals surface area contributed by atoms with Crippen LogP contribution in [0.1, 0.15) is 53.3 Å². The average molecular weight is 528 g/mol. The van der Waals surface area contributed by atoms with Gasteiger partial charge in [0.05, 0.1) is 11.2 Å². The van der Waals surface area contributed by atoms with Crippen LogP contribution in [-0.2, 0) is 11.3 Å². The third kappa shape index (κ3) is 4.67. The van der Waals surface area contributed by atoms with E-state index in [-0.39, 0.29) is 31.3 Å². The number of aryl methyl sites for hydroxylation is 1. The van der Waals surface area contributed by atoms with Crippen LogP contribution in [0, 0.1) is 6.92 Å². The van der Waals surface area contributed by atoms with E-state index in [1.807, 2.05) is 6.92 Å². The van der Waals surface area contributed by atoms with E-state index < -0.39 is 18.1 Å². The highest BCUT2D eigenvalue weighted by molar-refractivity contribution is 5.95. The quantitative estimate of drug-likeness (QED) is 0.527. The molecule has 1 atom stereocenters. The zero-order chi connectivity index (χ0) is 26.6. The van der Waals surface area contributed by atoms with E-state index in [1.165, 1.54) is 4.68 Å². The number of rotatable bonds is 6. The highest BCUT2D eigenvalue weighted by Gasteiger charge is 2.47. The number of anilines is 1. The molecule has 0 aromatic carbocycles. The van der Waals surface area contributed by atoms with Crippen molar-refractivity contribution in [3.05, 3.63) is 47.4 Å². The highest BCUT2D eigenvalue weighted by atomic mass is 19.4. The number of hydrogen-bond acceptors (Lipinski definition) is 6. The Kier molecular flexibility index (Phi) is 5.99. The summed E-state index contributed by atoms with van der Waals surface area (Å²) in [6.45, 7) is 2.50. The Labute approximate surface area is 217 Å². The zero-order valence-electron chi connectivity index (χ0n) is 20.9. The van der Waals surface area contributed by atoms with E-state index in [0.717, 1.165) is 23.4 Å².